The predicted molar refractivity (Wildman–Crippen MR) is 80.6 cm³/mol. The van der Waals surface area contributed by atoms with Crippen LogP contribution < -0.4 is 5.32 Å². The van der Waals surface area contributed by atoms with Crippen LogP contribution in [0.4, 0.5) is 0 Å². The minimum atomic E-state index is -0.432. The molecule has 2 saturated heterocycles. The van der Waals surface area contributed by atoms with Crippen molar-refractivity contribution in [3.05, 3.63) is 35.9 Å². The van der Waals surface area contributed by atoms with E-state index in [-0.39, 0.29) is 5.91 Å². The smallest absolute Gasteiger partial charge is 0.232 e. The first-order chi connectivity index (χ1) is 9.54. The highest BCUT2D eigenvalue weighted by Crippen LogP contribution is 2.38. The Hall–Kier alpha value is -1.35. The fourth-order valence-electron chi connectivity index (χ4n) is 3.63. The van der Waals surface area contributed by atoms with Gasteiger partial charge in [-0.15, -0.1) is 0 Å². The standard InChI is InChI=1S/C17H24N2O/c1-16(2,14-6-4-3-5-7-14)15(20)19-11-9-17(13-19)8-10-18-12-17/h3-7,18H,8-13H2,1-2H3. The molecule has 0 saturated carbocycles. The fourth-order valence-corrected chi connectivity index (χ4v) is 3.63. The van der Waals surface area contributed by atoms with E-state index in [1.165, 1.54) is 6.42 Å². The number of carbonyl (C=O) groups is 1. The van der Waals surface area contributed by atoms with Crippen molar-refractivity contribution in [2.75, 3.05) is 26.2 Å². The third-order valence-corrected chi connectivity index (χ3v) is 5.09. The number of nitrogens with one attached hydrogen (secondary N) is 1. The topological polar surface area (TPSA) is 32.3 Å². The third kappa shape index (κ3) is 2.24. The first kappa shape index (κ1) is 13.6. The molecule has 1 N–H and O–H groups in total. The van der Waals surface area contributed by atoms with Gasteiger partial charge >= 0.3 is 0 Å². The normalized spacial score (nSPS) is 26.4. The number of hydrogen-bond donors (Lipinski definition) is 1. The van der Waals surface area contributed by atoms with Crippen molar-refractivity contribution < 1.29 is 4.79 Å². The SMILES string of the molecule is CC(C)(C(=O)N1CCC2(CCNC2)C1)c1ccccc1. The molecule has 20 heavy (non-hydrogen) atoms. The van der Waals surface area contributed by atoms with Crippen LogP contribution >= 0.6 is 0 Å². The zero-order valence-corrected chi connectivity index (χ0v) is 12.5. The Morgan fingerprint density at radius 2 is 2.00 bits per heavy atom. The Morgan fingerprint density at radius 3 is 2.65 bits per heavy atom. The molecule has 0 aromatic heterocycles. The molecule has 0 radical (unpaired) electrons. The van der Waals surface area contributed by atoms with Gasteiger partial charge in [-0.25, -0.2) is 0 Å². The maximum Gasteiger partial charge on any atom is 0.232 e. The van der Waals surface area contributed by atoms with Crippen LogP contribution in [0.3, 0.4) is 0 Å². The Morgan fingerprint density at radius 1 is 1.25 bits per heavy atom. The zero-order chi connectivity index (χ0) is 14.2. The average Bonchev–Trinajstić information content (AvgIpc) is 3.10. The van der Waals surface area contributed by atoms with Crippen LogP contribution in [-0.2, 0) is 10.2 Å². The lowest BCUT2D eigenvalue weighted by Gasteiger charge is -2.31. The van der Waals surface area contributed by atoms with Crippen LogP contribution in [0.15, 0.2) is 30.3 Å². The molecule has 1 atom stereocenters. The number of amides is 1. The van der Waals surface area contributed by atoms with E-state index in [2.05, 4.69) is 22.3 Å². The van der Waals surface area contributed by atoms with Gasteiger partial charge in [0.25, 0.3) is 0 Å². The Bertz CT molecular complexity index is 489. The fraction of sp³-hybridized carbons (Fsp3) is 0.588. The van der Waals surface area contributed by atoms with E-state index >= 15 is 0 Å². The van der Waals surface area contributed by atoms with Crippen molar-refractivity contribution in [3.8, 4) is 0 Å². The van der Waals surface area contributed by atoms with E-state index in [4.69, 9.17) is 0 Å². The van der Waals surface area contributed by atoms with Gasteiger partial charge in [0, 0.05) is 25.0 Å². The molecule has 1 aromatic carbocycles. The molecule has 2 heterocycles. The summed E-state index contributed by atoms with van der Waals surface area (Å²) >= 11 is 0. The third-order valence-electron chi connectivity index (χ3n) is 5.09. The molecule has 1 amide bonds. The van der Waals surface area contributed by atoms with Gasteiger partial charge in [0.15, 0.2) is 0 Å². The predicted octanol–water partition coefficient (Wildman–Crippen LogP) is 2.18. The summed E-state index contributed by atoms with van der Waals surface area (Å²) in [5.74, 6) is 0.271. The molecule has 3 heteroatoms. The van der Waals surface area contributed by atoms with Gasteiger partial charge in [0.05, 0.1) is 5.41 Å². The second-order valence-electron chi connectivity index (χ2n) is 6.89. The molecule has 2 aliphatic heterocycles. The number of carbonyl (C=O) groups excluding carboxylic acids is 1. The van der Waals surface area contributed by atoms with Gasteiger partial charge in [-0.2, -0.15) is 0 Å². The van der Waals surface area contributed by atoms with Crippen molar-refractivity contribution in [1.29, 1.82) is 0 Å². The molecule has 3 nitrogen and oxygen atoms in total. The Kier molecular flexibility index (Phi) is 3.33. The van der Waals surface area contributed by atoms with Gasteiger partial charge in [-0.05, 0) is 38.8 Å². The van der Waals surface area contributed by atoms with Gasteiger partial charge < -0.3 is 10.2 Å². The van der Waals surface area contributed by atoms with Crippen LogP contribution in [-0.4, -0.2) is 37.0 Å². The maximum atomic E-state index is 12.9. The molecule has 3 rings (SSSR count). The Balaban J connectivity index is 1.76. The van der Waals surface area contributed by atoms with Crippen molar-refractivity contribution in [1.82, 2.24) is 10.2 Å². The lowest BCUT2D eigenvalue weighted by atomic mass is 9.83. The van der Waals surface area contributed by atoms with Crippen molar-refractivity contribution in [2.45, 2.75) is 32.1 Å². The molecule has 1 aromatic rings. The molecule has 0 bridgehead atoms. The lowest BCUT2D eigenvalue weighted by molar-refractivity contribution is -0.135. The van der Waals surface area contributed by atoms with Gasteiger partial charge in [-0.3, -0.25) is 4.79 Å². The monoisotopic (exact) mass is 272 g/mol. The van der Waals surface area contributed by atoms with Crippen LogP contribution in [0.5, 0.6) is 0 Å². The molecular formula is C17H24N2O. The summed E-state index contributed by atoms with van der Waals surface area (Å²) in [4.78, 5) is 15.0. The lowest BCUT2D eigenvalue weighted by Crippen LogP contribution is -2.43. The summed E-state index contributed by atoms with van der Waals surface area (Å²) in [6, 6.07) is 10.1. The van der Waals surface area contributed by atoms with E-state index in [0.717, 1.165) is 38.2 Å². The largest absolute Gasteiger partial charge is 0.341 e. The van der Waals surface area contributed by atoms with E-state index in [0.29, 0.717) is 5.41 Å². The van der Waals surface area contributed by atoms with E-state index in [1.54, 1.807) is 0 Å². The van der Waals surface area contributed by atoms with Crippen LogP contribution in [0.25, 0.3) is 0 Å². The highest BCUT2D eigenvalue weighted by Gasteiger charge is 2.44. The summed E-state index contributed by atoms with van der Waals surface area (Å²) in [6.07, 6.45) is 2.36. The zero-order valence-electron chi connectivity index (χ0n) is 12.5. The number of likely N-dealkylation sites (tertiary alicyclic amines) is 1. The molecule has 1 spiro atoms. The van der Waals surface area contributed by atoms with Gasteiger partial charge in [0.1, 0.15) is 0 Å². The Labute approximate surface area is 121 Å². The number of nitrogens with zero attached hydrogens (tertiary/aromatic N) is 1. The minimum absolute atomic E-state index is 0.271. The quantitative estimate of drug-likeness (QED) is 0.895. The van der Waals surface area contributed by atoms with E-state index in [1.807, 2.05) is 32.0 Å². The van der Waals surface area contributed by atoms with Gasteiger partial charge in [-0.1, -0.05) is 30.3 Å². The van der Waals surface area contributed by atoms with Crippen LogP contribution in [0.2, 0.25) is 0 Å². The molecule has 0 aliphatic carbocycles. The van der Waals surface area contributed by atoms with Gasteiger partial charge in [0.2, 0.25) is 5.91 Å². The number of rotatable bonds is 2. The number of hydrogen-bond acceptors (Lipinski definition) is 2. The minimum Gasteiger partial charge on any atom is -0.341 e. The van der Waals surface area contributed by atoms with E-state index < -0.39 is 5.41 Å². The summed E-state index contributed by atoms with van der Waals surface area (Å²) < 4.78 is 0. The maximum absolute atomic E-state index is 12.9. The molecule has 2 aliphatic rings. The van der Waals surface area contributed by atoms with Crippen molar-refractivity contribution >= 4 is 5.91 Å². The number of benzene rings is 1. The highest BCUT2D eigenvalue weighted by molar-refractivity contribution is 5.87. The van der Waals surface area contributed by atoms with Crippen molar-refractivity contribution in [2.24, 2.45) is 5.41 Å². The average molecular weight is 272 g/mol. The van der Waals surface area contributed by atoms with Crippen LogP contribution in [0.1, 0.15) is 32.3 Å². The van der Waals surface area contributed by atoms with Crippen LogP contribution in [0, 0.1) is 5.41 Å². The van der Waals surface area contributed by atoms with E-state index in [9.17, 15) is 4.79 Å². The molecule has 108 valence electrons. The highest BCUT2D eigenvalue weighted by atomic mass is 16.2. The first-order valence-electron chi connectivity index (χ1n) is 7.59. The summed E-state index contributed by atoms with van der Waals surface area (Å²) in [6.45, 7) is 8.10. The summed E-state index contributed by atoms with van der Waals surface area (Å²) in [7, 11) is 0. The van der Waals surface area contributed by atoms with Crippen molar-refractivity contribution in [3.63, 3.8) is 0 Å². The first-order valence-corrected chi connectivity index (χ1v) is 7.59. The molecule has 1 unspecified atom stereocenters. The summed E-state index contributed by atoms with van der Waals surface area (Å²) in [5, 5.41) is 3.45. The second kappa shape index (κ2) is 4.88. The molecule has 2 fully saturated rings. The molecular weight excluding hydrogens is 248 g/mol. The summed E-state index contributed by atoms with van der Waals surface area (Å²) in [5.41, 5.74) is 1.02. The second-order valence-corrected chi connectivity index (χ2v) is 6.89.